The van der Waals surface area contributed by atoms with Crippen molar-refractivity contribution in [2.75, 3.05) is 13.1 Å². The van der Waals surface area contributed by atoms with Gasteiger partial charge in [-0.25, -0.2) is 0 Å². The maximum atomic E-state index is 12.5. The minimum Gasteiger partial charge on any atom is -0.389 e. The fourth-order valence-electron chi connectivity index (χ4n) is 2.77. The van der Waals surface area contributed by atoms with Crippen LogP contribution >= 0.6 is 0 Å². The molecule has 1 rings (SSSR count). The van der Waals surface area contributed by atoms with Crippen LogP contribution in [-0.4, -0.2) is 34.6 Å². The van der Waals surface area contributed by atoms with E-state index in [2.05, 4.69) is 0 Å². The van der Waals surface area contributed by atoms with Gasteiger partial charge in [-0.3, -0.25) is 4.79 Å². The molecular weight excluding hydrogens is 226 g/mol. The Kier molecular flexibility index (Phi) is 6.13. The Morgan fingerprint density at radius 1 is 1.17 bits per heavy atom. The van der Waals surface area contributed by atoms with Crippen molar-refractivity contribution >= 4 is 5.91 Å². The van der Waals surface area contributed by atoms with Crippen molar-refractivity contribution in [2.45, 2.75) is 71.3 Å². The molecule has 1 aliphatic rings. The third kappa shape index (κ3) is 5.38. The average molecular weight is 255 g/mol. The molecule has 18 heavy (non-hydrogen) atoms. The van der Waals surface area contributed by atoms with Crippen molar-refractivity contribution in [1.82, 2.24) is 4.90 Å². The Balaban J connectivity index is 2.57. The monoisotopic (exact) mass is 255 g/mol. The van der Waals surface area contributed by atoms with E-state index in [0.717, 1.165) is 12.8 Å². The third-order valence-corrected chi connectivity index (χ3v) is 3.73. The van der Waals surface area contributed by atoms with E-state index in [4.69, 9.17) is 0 Å². The summed E-state index contributed by atoms with van der Waals surface area (Å²) < 4.78 is 0. The van der Waals surface area contributed by atoms with Gasteiger partial charge in [0.05, 0.1) is 5.60 Å². The molecule has 0 heterocycles. The maximum Gasteiger partial charge on any atom is 0.225 e. The van der Waals surface area contributed by atoms with Crippen molar-refractivity contribution < 1.29 is 9.90 Å². The van der Waals surface area contributed by atoms with E-state index in [1.807, 2.05) is 11.8 Å². The topological polar surface area (TPSA) is 40.5 Å². The molecule has 0 bridgehead atoms. The molecule has 106 valence electrons. The van der Waals surface area contributed by atoms with Gasteiger partial charge in [-0.1, -0.05) is 32.1 Å². The second-order valence-electron chi connectivity index (χ2n) is 6.21. The Morgan fingerprint density at radius 3 is 2.11 bits per heavy atom. The summed E-state index contributed by atoms with van der Waals surface area (Å²) >= 11 is 0. The molecule has 0 aromatic heterocycles. The zero-order valence-electron chi connectivity index (χ0n) is 12.2. The van der Waals surface area contributed by atoms with Crippen LogP contribution in [0.25, 0.3) is 0 Å². The number of rotatable bonds is 4. The normalized spacial score (nSPS) is 19.1. The molecule has 0 spiro atoms. The summed E-state index contributed by atoms with van der Waals surface area (Å²) in [5, 5.41) is 9.87. The summed E-state index contributed by atoms with van der Waals surface area (Å²) in [6, 6.07) is 0. The molecule has 0 atom stereocenters. The standard InChI is InChI=1S/C15H29NO2/c1-4-16(12-15(2,3)18)14(17)13-10-8-6-5-7-9-11-13/h13,18H,4-12H2,1-3H3. The van der Waals surface area contributed by atoms with E-state index < -0.39 is 5.60 Å². The smallest absolute Gasteiger partial charge is 0.225 e. The molecule has 1 amide bonds. The second kappa shape index (κ2) is 7.13. The fraction of sp³-hybridized carbons (Fsp3) is 0.933. The van der Waals surface area contributed by atoms with Crippen molar-refractivity contribution in [2.24, 2.45) is 5.92 Å². The third-order valence-electron chi connectivity index (χ3n) is 3.73. The molecule has 0 radical (unpaired) electrons. The number of hydrogen-bond acceptors (Lipinski definition) is 2. The molecule has 3 nitrogen and oxygen atoms in total. The van der Waals surface area contributed by atoms with Crippen molar-refractivity contribution in [1.29, 1.82) is 0 Å². The van der Waals surface area contributed by atoms with Gasteiger partial charge in [-0.2, -0.15) is 0 Å². The first kappa shape index (κ1) is 15.5. The molecule has 0 unspecified atom stereocenters. The molecule has 1 fully saturated rings. The molecule has 0 saturated heterocycles. The highest BCUT2D eigenvalue weighted by Gasteiger charge is 2.27. The van der Waals surface area contributed by atoms with Crippen LogP contribution in [0, 0.1) is 5.92 Å². The minimum atomic E-state index is -0.798. The maximum absolute atomic E-state index is 12.5. The summed E-state index contributed by atoms with van der Waals surface area (Å²) in [5.41, 5.74) is -0.798. The van der Waals surface area contributed by atoms with Gasteiger partial charge >= 0.3 is 0 Å². The van der Waals surface area contributed by atoms with Gasteiger partial charge in [-0.05, 0) is 33.6 Å². The zero-order valence-corrected chi connectivity index (χ0v) is 12.2. The Morgan fingerprint density at radius 2 is 1.67 bits per heavy atom. The van der Waals surface area contributed by atoms with Crippen LogP contribution in [0.5, 0.6) is 0 Å². The fourth-order valence-corrected chi connectivity index (χ4v) is 2.77. The van der Waals surface area contributed by atoms with E-state index in [0.29, 0.717) is 13.1 Å². The lowest BCUT2D eigenvalue weighted by atomic mass is 9.90. The van der Waals surface area contributed by atoms with Crippen LogP contribution in [0.2, 0.25) is 0 Å². The summed E-state index contributed by atoms with van der Waals surface area (Å²) in [7, 11) is 0. The van der Waals surface area contributed by atoms with Crippen LogP contribution in [0.3, 0.4) is 0 Å². The molecule has 0 aromatic rings. The van der Waals surface area contributed by atoms with Gasteiger partial charge in [0, 0.05) is 19.0 Å². The highest BCUT2D eigenvalue weighted by atomic mass is 16.3. The Hall–Kier alpha value is -0.570. The quantitative estimate of drug-likeness (QED) is 0.839. The van der Waals surface area contributed by atoms with Crippen molar-refractivity contribution in [3.05, 3.63) is 0 Å². The molecular formula is C15H29NO2. The van der Waals surface area contributed by atoms with E-state index in [-0.39, 0.29) is 11.8 Å². The van der Waals surface area contributed by atoms with Gasteiger partial charge in [0.1, 0.15) is 0 Å². The van der Waals surface area contributed by atoms with Crippen LogP contribution in [0.15, 0.2) is 0 Å². The molecule has 0 aromatic carbocycles. The lowest BCUT2D eigenvalue weighted by Crippen LogP contribution is -2.44. The number of carbonyl (C=O) groups is 1. The minimum absolute atomic E-state index is 0.188. The summed E-state index contributed by atoms with van der Waals surface area (Å²) in [6.45, 7) is 6.66. The molecule has 3 heteroatoms. The van der Waals surface area contributed by atoms with E-state index in [1.54, 1.807) is 13.8 Å². The van der Waals surface area contributed by atoms with E-state index >= 15 is 0 Å². The Bertz CT molecular complexity index is 250. The van der Waals surface area contributed by atoms with Gasteiger partial charge in [0.15, 0.2) is 0 Å². The summed E-state index contributed by atoms with van der Waals surface area (Å²) in [5.74, 6) is 0.439. The first-order valence-electron chi connectivity index (χ1n) is 7.45. The number of nitrogens with zero attached hydrogens (tertiary/aromatic N) is 1. The lowest BCUT2D eigenvalue weighted by molar-refractivity contribution is -0.139. The van der Waals surface area contributed by atoms with Crippen LogP contribution in [-0.2, 0) is 4.79 Å². The summed E-state index contributed by atoms with van der Waals surface area (Å²) in [4.78, 5) is 14.3. The molecule has 1 N–H and O–H groups in total. The van der Waals surface area contributed by atoms with Crippen LogP contribution in [0.1, 0.15) is 65.7 Å². The number of amides is 1. The number of aliphatic hydroxyl groups is 1. The second-order valence-corrected chi connectivity index (χ2v) is 6.21. The van der Waals surface area contributed by atoms with Crippen LogP contribution in [0.4, 0.5) is 0 Å². The first-order chi connectivity index (χ1) is 8.44. The molecule has 1 aliphatic carbocycles. The Labute approximate surface area is 112 Å². The number of carbonyl (C=O) groups excluding carboxylic acids is 1. The predicted octanol–water partition coefficient (Wildman–Crippen LogP) is 2.97. The van der Waals surface area contributed by atoms with Gasteiger partial charge < -0.3 is 10.0 Å². The SMILES string of the molecule is CCN(CC(C)(C)O)C(=O)C1CCCCCCC1. The first-order valence-corrected chi connectivity index (χ1v) is 7.45. The van der Waals surface area contributed by atoms with Crippen LogP contribution < -0.4 is 0 Å². The lowest BCUT2D eigenvalue weighted by Gasteiger charge is -2.31. The average Bonchev–Trinajstić information content (AvgIpc) is 2.23. The van der Waals surface area contributed by atoms with Gasteiger partial charge in [-0.15, -0.1) is 0 Å². The van der Waals surface area contributed by atoms with E-state index in [9.17, 15) is 9.90 Å². The largest absolute Gasteiger partial charge is 0.389 e. The molecule has 0 aliphatic heterocycles. The van der Waals surface area contributed by atoms with Gasteiger partial charge in [0.25, 0.3) is 0 Å². The highest BCUT2D eigenvalue weighted by molar-refractivity contribution is 5.78. The van der Waals surface area contributed by atoms with Crippen molar-refractivity contribution in [3.63, 3.8) is 0 Å². The van der Waals surface area contributed by atoms with Crippen molar-refractivity contribution in [3.8, 4) is 0 Å². The predicted molar refractivity (Wildman–Crippen MR) is 74.4 cm³/mol. The number of likely N-dealkylation sites (N-methyl/N-ethyl adjacent to an activating group) is 1. The zero-order chi connectivity index (χ0) is 13.6. The number of hydrogen-bond donors (Lipinski definition) is 1. The highest BCUT2D eigenvalue weighted by Crippen LogP contribution is 2.24. The summed E-state index contributed by atoms with van der Waals surface area (Å²) in [6.07, 6.45) is 8.26. The van der Waals surface area contributed by atoms with E-state index in [1.165, 1.54) is 32.1 Å². The van der Waals surface area contributed by atoms with Gasteiger partial charge in [0.2, 0.25) is 5.91 Å². The molecule has 1 saturated carbocycles.